The molecule has 2 unspecified atom stereocenters. The van der Waals surface area contributed by atoms with Crippen LogP contribution in [0.3, 0.4) is 0 Å². The highest BCUT2D eigenvalue weighted by molar-refractivity contribution is 5.87. The summed E-state index contributed by atoms with van der Waals surface area (Å²) in [6, 6.07) is 26.1. The lowest BCUT2D eigenvalue weighted by Gasteiger charge is -2.31. The van der Waals surface area contributed by atoms with Crippen molar-refractivity contribution >= 4 is 28.3 Å². The second-order valence-corrected chi connectivity index (χ2v) is 9.60. The van der Waals surface area contributed by atoms with E-state index in [2.05, 4.69) is 16.0 Å². The van der Waals surface area contributed by atoms with Gasteiger partial charge in [0, 0.05) is 29.0 Å². The Morgan fingerprint density at radius 1 is 0.857 bits per heavy atom. The summed E-state index contributed by atoms with van der Waals surface area (Å²) in [5, 5.41) is 10.4. The summed E-state index contributed by atoms with van der Waals surface area (Å²) in [7, 11) is 0. The number of carbonyl (C=O) groups excluding carboxylic acids is 1. The lowest BCUT2D eigenvalue weighted by atomic mass is 9.89. The maximum Gasteiger partial charge on any atom is 0.230 e. The first kappa shape index (κ1) is 24.1. The Morgan fingerprint density at radius 2 is 1.46 bits per heavy atom. The molecule has 6 heteroatoms. The van der Waals surface area contributed by atoms with Gasteiger partial charge in [-0.1, -0.05) is 48.5 Å². The fourth-order valence-corrected chi connectivity index (χ4v) is 4.08. The lowest BCUT2D eigenvalue weighted by molar-refractivity contribution is -0.124. The van der Waals surface area contributed by atoms with Gasteiger partial charge in [0.05, 0.1) is 23.6 Å². The minimum absolute atomic E-state index is 0.208. The van der Waals surface area contributed by atoms with Gasteiger partial charge < -0.3 is 20.4 Å². The molecular formula is C29H31N3O3. The monoisotopic (exact) mass is 469 g/mol. The molecule has 2 atom stereocenters. The van der Waals surface area contributed by atoms with Gasteiger partial charge in [-0.2, -0.15) is 0 Å². The molecule has 0 radical (unpaired) electrons. The first-order valence-electron chi connectivity index (χ1n) is 11.7. The Balaban J connectivity index is 1.79. The molecule has 0 spiro atoms. The molecule has 180 valence electrons. The predicted octanol–water partition coefficient (Wildman–Crippen LogP) is 5.38. The van der Waals surface area contributed by atoms with Crippen molar-refractivity contribution in [1.82, 2.24) is 5.32 Å². The third-order valence-corrected chi connectivity index (χ3v) is 5.65. The van der Waals surface area contributed by atoms with Crippen LogP contribution in [0.4, 0.5) is 11.4 Å². The molecule has 3 aromatic carbocycles. The average molecular weight is 470 g/mol. The van der Waals surface area contributed by atoms with Gasteiger partial charge in [-0.25, -0.2) is 0 Å². The number of carbonyl (C=O) groups is 1. The molecule has 1 amide bonds. The minimum atomic E-state index is -0.813. The second kappa shape index (κ2) is 10.5. The normalized spacial score (nSPS) is 13.1. The number of hydrogen-bond acceptors (Lipinski definition) is 5. The van der Waals surface area contributed by atoms with Crippen molar-refractivity contribution < 1.29 is 9.21 Å². The summed E-state index contributed by atoms with van der Waals surface area (Å²) in [5.41, 5.74) is 1.90. The molecule has 4 aromatic rings. The standard InChI is InChI=1S/C29H31N3O3/c1-29(2,3)32-28(34)26(23-19-35-25-17-11-10-16-22(25)27(23)33)24(31-21-14-8-5-9-15-21)18-30-20-12-6-4-7-13-20/h4-17,19,24,26,30-31H,18H2,1-3H3,(H,32,34). The van der Waals surface area contributed by atoms with Crippen LogP contribution in [0.2, 0.25) is 0 Å². The minimum Gasteiger partial charge on any atom is -0.464 e. The molecule has 35 heavy (non-hydrogen) atoms. The highest BCUT2D eigenvalue weighted by Crippen LogP contribution is 2.25. The fraction of sp³-hybridized carbons (Fsp3) is 0.241. The van der Waals surface area contributed by atoms with Crippen molar-refractivity contribution in [3.8, 4) is 0 Å². The molecule has 0 bridgehead atoms. The van der Waals surface area contributed by atoms with Gasteiger partial charge in [0.25, 0.3) is 0 Å². The van der Waals surface area contributed by atoms with Crippen molar-refractivity contribution in [3.63, 3.8) is 0 Å². The Labute approximate surface area is 205 Å². The average Bonchev–Trinajstić information content (AvgIpc) is 2.84. The van der Waals surface area contributed by atoms with Crippen molar-refractivity contribution in [3.05, 3.63) is 107 Å². The summed E-state index contributed by atoms with van der Waals surface area (Å²) < 4.78 is 5.82. The molecule has 0 aliphatic heterocycles. The molecule has 0 aliphatic rings. The van der Waals surface area contributed by atoms with Crippen LogP contribution in [-0.2, 0) is 4.79 Å². The predicted molar refractivity (Wildman–Crippen MR) is 142 cm³/mol. The lowest BCUT2D eigenvalue weighted by Crippen LogP contribution is -2.49. The van der Waals surface area contributed by atoms with Crippen LogP contribution in [0, 0.1) is 0 Å². The zero-order valence-electron chi connectivity index (χ0n) is 20.2. The number of para-hydroxylation sites is 3. The molecule has 3 N–H and O–H groups in total. The summed E-state index contributed by atoms with van der Waals surface area (Å²) in [4.78, 5) is 27.3. The van der Waals surface area contributed by atoms with Gasteiger partial charge in [-0.15, -0.1) is 0 Å². The zero-order valence-corrected chi connectivity index (χ0v) is 20.2. The van der Waals surface area contributed by atoms with E-state index in [4.69, 9.17) is 4.42 Å². The van der Waals surface area contributed by atoms with E-state index < -0.39 is 17.5 Å². The van der Waals surface area contributed by atoms with E-state index in [9.17, 15) is 9.59 Å². The first-order chi connectivity index (χ1) is 16.8. The van der Waals surface area contributed by atoms with E-state index in [1.54, 1.807) is 18.2 Å². The van der Waals surface area contributed by atoms with Gasteiger partial charge in [-0.3, -0.25) is 9.59 Å². The number of nitrogens with one attached hydrogen (secondary N) is 3. The highest BCUT2D eigenvalue weighted by atomic mass is 16.3. The third kappa shape index (κ3) is 6.09. The molecule has 0 saturated carbocycles. The summed E-state index contributed by atoms with van der Waals surface area (Å²) in [6.45, 7) is 6.17. The number of anilines is 2. The van der Waals surface area contributed by atoms with E-state index in [-0.39, 0.29) is 11.3 Å². The third-order valence-electron chi connectivity index (χ3n) is 5.65. The highest BCUT2D eigenvalue weighted by Gasteiger charge is 2.35. The number of rotatable bonds is 8. The van der Waals surface area contributed by atoms with Crippen LogP contribution in [0.1, 0.15) is 32.3 Å². The summed E-state index contributed by atoms with van der Waals surface area (Å²) >= 11 is 0. The summed E-state index contributed by atoms with van der Waals surface area (Å²) in [6.07, 6.45) is 1.43. The quantitative estimate of drug-likeness (QED) is 0.323. The van der Waals surface area contributed by atoms with Gasteiger partial charge >= 0.3 is 0 Å². The molecule has 0 fully saturated rings. The van der Waals surface area contributed by atoms with E-state index in [0.29, 0.717) is 23.1 Å². The van der Waals surface area contributed by atoms with Crippen LogP contribution in [0.25, 0.3) is 11.0 Å². The molecule has 1 aromatic heterocycles. The Morgan fingerprint density at radius 3 is 2.11 bits per heavy atom. The molecule has 0 aliphatic carbocycles. The largest absolute Gasteiger partial charge is 0.464 e. The maximum absolute atomic E-state index is 13.7. The van der Waals surface area contributed by atoms with Crippen LogP contribution < -0.4 is 21.4 Å². The van der Waals surface area contributed by atoms with E-state index in [1.807, 2.05) is 87.5 Å². The van der Waals surface area contributed by atoms with E-state index >= 15 is 0 Å². The molecule has 6 nitrogen and oxygen atoms in total. The Bertz CT molecular complexity index is 1330. The van der Waals surface area contributed by atoms with Gasteiger partial charge in [-0.05, 0) is 57.2 Å². The van der Waals surface area contributed by atoms with Crippen LogP contribution >= 0.6 is 0 Å². The fourth-order valence-electron chi connectivity index (χ4n) is 4.08. The number of fused-ring (bicyclic) bond motifs is 1. The second-order valence-electron chi connectivity index (χ2n) is 9.60. The molecule has 1 heterocycles. The maximum atomic E-state index is 13.7. The van der Waals surface area contributed by atoms with Crippen LogP contribution in [0.5, 0.6) is 0 Å². The van der Waals surface area contributed by atoms with Gasteiger partial charge in [0.1, 0.15) is 5.58 Å². The van der Waals surface area contributed by atoms with Gasteiger partial charge in [0.15, 0.2) is 5.43 Å². The SMILES string of the molecule is CC(C)(C)NC(=O)C(c1coc2ccccc2c1=O)C(CNc1ccccc1)Nc1ccccc1. The van der Waals surface area contributed by atoms with Crippen molar-refractivity contribution in [2.24, 2.45) is 0 Å². The molecular weight excluding hydrogens is 438 g/mol. The molecule has 0 saturated heterocycles. The van der Waals surface area contributed by atoms with E-state index in [1.165, 1.54) is 6.26 Å². The van der Waals surface area contributed by atoms with Crippen LogP contribution in [-0.4, -0.2) is 24.0 Å². The van der Waals surface area contributed by atoms with E-state index in [0.717, 1.165) is 11.4 Å². The van der Waals surface area contributed by atoms with Crippen molar-refractivity contribution in [2.45, 2.75) is 38.3 Å². The Kier molecular flexibility index (Phi) is 7.20. The summed E-state index contributed by atoms with van der Waals surface area (Å²) in [5.74, 6) is -1.06. The zero-order chi connectivity index (χ0) is 24.8. The molecule has 4 rings (SSSR count). The number of amides is 1. The number of hydrogen-bond donors (Lipinski definition) is 3. The van der Waals surface area contributed by atoms with Crippen LogP contribution in [0.15, 0.2) is 100 Å². The topological polar surface area (TPSA) is 83.4 Å². The first-order valence-corrected chi connectivity index (χ1v) is 11.7. The Hall–Kier alpha value is -4.06. The van der Waals surface area contributed by atoms with Crippen molar-refractivity contribution in [1.29, 1.82) is 0 Å². The van der Waals surface area contributed by atoms with Gasteiger partial charge in [0.2, 0.25) is 5.91 Å². The number of benzene rings is 3. The smallest absolute Gasteiger partial charge is 0.230 e. The van der Waals surface area contributed by atoms with Crippen molar-refractivity contribution in [2.75, 3.05) is 17.2 Å².